The number of piperazine rings is 1. The van der Waals surface area contributed by atoms with Gasteiger partial charge in [0.1, 0.15) is 11.9 Å². The van der Waals surface area contributed by atoms with Crippen molar-refractivity contribution in [1.29, 1.82) is 5.26 Å². The maximum Gasteiger partial charge on any atom is 0.225 e. The number of hydrogen-bond donors (Lipinski definition) is 0. The van der Waals surface area contributed by atoms with E-state index in [1.165, 1.54) is 0 Å². The van der Waals surface area contributed by atoms with Gasteiger partial charge in [-0.15, -0.1) is 0 Å². The SMILES string of the molecule is C=Cc1ccc2c(-c3cc(C#N)c(N4CCN(C(=O)CCOC)[C@H](C5CC5)C4)nc3C3CC3)cccc2n1. The fraction of sp³-hybridized carbons (Fsp3) is 0.419. The minimum atomic E-state index is 0.161. The average Bonchev–Trinajstić information content (AvgIpc) is 3.88. The predicted molar refractivity (Wildman–Crippen MR) is 149 cm³/mol. The summed E-state index contributed by atoms with van der Waals surface area (Å²) in [4.78, 5) is 27.2. The van der Waals surface area contributed by atoms with Crippen LogP contribution in [0, 0.1) is 17.2 Å². The van der Waals surface area contributed by atoms with Gasteiger partial charge < -0.3 is 14.5 Å². The normalized spacial score (nSPS) is 19.4. The summed E-state index contributed by atoms with van der Waals surface area (Å²) in [5, 5.41) is 11.3. The third-order valence-corrected chi connectivity index (χ3v) is 8.09. The number of methoxy groups -OCH3 is 1. The number of carbonyl (C=O) groups is 1. The topological polar surface area (TPSA) is 82.4 Å². The van der Waals surface area contributed by atoms with Crippen molar-refractivity contribution in [3.63, 3.8) is 0 Å². The number of carbonyl (C=O) groups excluding carboxylic acids is 1. The highest BCUT2D eigenvalue weighted by molar-refractivity contribution is 5.96. The second-order valence-corrected chi connectivity index (χ2v) is 10.7. The van der Waals surface area contributed by atoms with E-state index in [4.69, 9.17) is 14.7 Å². The molecule has 0 radical (unpaired) electrons. The van der Waals surface area contributed by atoms with Crippen LogP contribution in [-0.4, -0.2) is 60.2 Å². The summed E-state index contributed by atoms with van der Waals surface area (Å²) in [6.07, 6.45) is 6.70. The summed E-state index contributed by atoms with van der Waals surface area (Å²) in [6, 6.07) is 14.9. The lowest BCUT2D eigenvalue weighted by Gasteiger charge is -2.42. The van der Waals surface area contributed by atoms with Gasteiger partial charge in [0, 0.05) is 43.6 Å². The van der Waals surface area contributed by atoms with E-state index in [0.717, 1.165) is 71.5 Å². The second-order valence-electron chi connectivity index (χ2n) is 10.7. The summed E-state index contributed by atoms with van der Waals surface area (Å²) < 4.78 is 5.15. The first kappa shape index (κ1) is 24.6. The van der Waals surface area contributed by atoms with Crippen LogP contribution in [0.3, 0.4) is 0 Å². The molecule has 1 aromatic carbocycles. The highest BCUT2D eigenvalue weighted by Crippen LogP contribution is 2.46. The Bertz CT molecular complexity index is 1440. The average molecular weight is 508 g/mol. The van der Waals surface area contributed by atoms with Gasteiger partial charge in [0.2, 0.25) is 5.91 Å². The van der Waals surface area contributed by atoms with Crippen molar-refractivity contribution >= 4 is 28.7 Å². The number of hydrogen-bond acceptors (Lipinski definition) is 6. The molecule has 3 aromatic rings. The van der Waals surface area contributed by atoms with Crippen molar-refractivity contribution in [2.75, 3.05) is 38.3 Å². The van der Waals surface area contributed by atoms with Crippen LogP contribution in [0.25, 0.3) is 28.1 Å². The molecule has 7 heteroatoms. The number of anilines is 1. The number of rotatable bonds is 8. The minimum Gasteiger partial charge on any atom is -0.384 e. The van der Waals surface area contributed by atoms with Gasteiger partial charge >= 0.3 is 0 Å². The van der Waals surface area contributed by atoms with Crippen molar-refractivity contribution in [1.82, 2.24) is 14.9 Å². The van der Waals surface area contributed by atoms with Crippen LogP contribution in [0.4, 0.5) is 5.82 Å². The van der Waals surface area contributed by atoms with Crippen LogP contribution in [0.2, 0.25) is 0 Å². The molecule has 2 aliphatic carbocycles. The van der Waals surface area contributed by atoms with Crippen LogP contribution >= 0.6 is 0 Å². The highest BCUT2D eigenvalue weighted by Gasteiger charge is 2.41. The lowest BCUT2D eigenvalue weighted by atomic mass is 9.95. The molecule has 38 heavy (non-hydrogen) atoms. The van der Waals surface area contributed by atoms with Crippen molar-refractivity contribution in [3.8, 4) is 17.2 Å². The number of nitriles is 1. The number of nitrogens with zero attached hydrogens (tertiary/aromatic N) is 5. The lowest BCUT2D eigenvalue weighted by Crippen LogP contribution is -2.56. The molecular formula is C31H33N5O2. The second kappa shape index (κ2) is 10.2. The molecule has 1 saturated heterocycles. The zero-order chi connectivity index (χ0) is 26.2. The Morgan fingerprint density at radius 1 is 1.16 bits per heavy atom. The third kappa shape index (κ3) is 4.65. The van der Waals surface area contributed by atoms with Gasteiger partial charge in [-0.1, -0.05) is 24.8 Å². The molecule has 1 atom stereocenters. The third-order valence-electron chi connectivity index (χ3n) is 8.09. The van der Waals surface area contributed by atoms with E-state index in [1.807, 2.05) is 24.3 Å². The van der Waals surface area contributed by atoms with E-state index in [9.17, 15) is 10.1 Å². The van der Waals surface area contributed by atoms with Crippen LogP contribution in [0.5, 0.6) is 0 Å². The molecule has 1 amide bonds. The first-order chi connectivity index (χ1) is 18.6. The van der Waals surface area contributed by atoms with Gasteiger partial charge in [-0.25, -0.2) is 9.97 Å². The summed E-state index contributed by atoms with van der Waals surface area (Å²) in [7, 11) is 1.63. The number of amides is 1. The molecule has 194 valence electrons. The van der Waals surface area contributed by atoms with Gasteiger partial charge in [-0.3, -0.25) is 4.79 Å². The molecule has 0 spiro atoms. The van der Waals surface area contributed by atoms with E-state index in [-0.39, 0.29) is 11.9 Å². The fourth-order valence-electron chi connectivity index (χ4n) is 5.77. The van der Waals surface area contributed by atoms with Crippen molar-refractivity contribution in [2.24, 2.45) is 5.92 Å². The van der Waals surface area contributed by atoms with E-state index >= 15 is 0 Å². The van der Waals surface area contributed by atoms with Crippen LogP contribution in [0.1, 0.15) is 55.0 Å². The Balaban J connectivity index is 1.37. The Morgan fingerprint density at radius 2 is 2.00 bits per heavy atom. The van der Waals surface area contributed by atoms with Gasteiger partial charge in [0.25, 0.3) is 0 Å². The van der Waals surface area contributed by atoms with Gasteiger partial charge in [0.15, 0.2) is 0 Å². The smallest absolute Gasteiger partial charge is 0.225 e. The van der Waals surface area contributed by atoms with Crippen molar-refractivity contribution in [2.45, 2.75) is 44.1 Å². The van der Waals surface area contributed by atoms with Gasteiger partial charge in [-0.2, -0.15) is 5.26 Å². The van der Waals surface area contributed by atoms with Crippen LogP contribution < -0.4 is 4.90 Å². The van der Waals surface area contributed by atoms with Crippen LogP contribution in [-0.2, 0) is 9.53 Å². The first-order valence-corrected chi connectivity index (χ1v) is 13.6. The fourth-order valence-corrected chi connectivity index (χ4v) is 5.77. The molecule has 2 saturated carbocycles. The van der Waals surface area contributed by atoms with E-state index < -0.39 is 0 Å². The molecule has 3 heterocycles. The summed E-state index contributed by atoms with van der Waals surface area (Å²) in [5.74, 6) is 1.86. The van der Waals surface area contributed by atoms with Crippen LogP contribution in [0.15, 0.2) is 43.0 Å². The van der Waals surface area contributed by atoms with Crippen molar-refractivity contribution in [3.05, 3.63) is 59.9 Å². The first-order valence-electron chi connectivity index (χ1n) is 13.6. The van der Waals surface area contributed by atoms with Gasteiger partial charge in [0.05, 0.1) is 41.5 Å². The standard InChI is InChI=1S/C31H33N5O2/c1-3-23-11-12-25-24(5-4-6-27(25)33-23)26-17-22(18-32)31(34-30(26)21-9-10-21)35-14-15-36(29(37)13-16-38-2)28(19-35)20-7-8-20/h3-6,11-12,17,20-21,28H,1,7-10,13-16,19H2,2H3/t28-/m0/s1. The van der Waals surface area contributed by atoms with Crippen molar-refractivity contribution < 1.29 is 9.53 Å². The monoisotopic (exact) mass is 507 g/mol. The van der Waals surface area contributed by atoms with E-state index in [1.54, 1.807) is 13.2 Å². The lowest BCUT2D eigenvalue weighted by molar-refractivity contribution is -0.135. The largest absolute Gasteiger partial charge is 0.384 e. The Kier molecular flexibility index (Phi) is 6.59. The highest BCUT2D eigenvalue weighted by atomic mass is 16.5. The Labute approximate surface area is 223 Å². The molecule has 0 unspecified atom stereocenters. The summed E-state index contributed by atoms with van der Waals surface area (Å²) >= 11 is 0. The zero-order valence-corrected chi connectivity index (χ0v) is 21.9. The number of benzene rings is 1. The number of aromatic nitrogens is 2. The number of ether oxygens (including phenoxy) is 1. The predicted octanol–water partition coefficient (Wildman–Crippen LogP) is 5.15. The molecule has 7 nitrogen and oxygen atoms in total. The molecule has 0 bridgehead atoms. The molecule has 3 fully saturated rings. The maximum absolute atomic E-state index is 12.9. The molecule has 0 N–H and O–H groups in total. The minimum absolute atomic E-state index is 0.161. The summed E-state index contributed by atoms with van der Waals surface area (Å²) in [6.45, 7) is 6.34. The number of pyridine rings is 2. The Hall–Kier alpha value is -3.76. The Morgan fingerprint density at radius 3 is 2.71 bits per heavy atom. The van der Waals surface area contributed by atoms with E-state index in [0.29, 0.717) is 43.5 Å². The van der Waals surface area contributed by atoms with Gasteiger partial charge in [-0.05, 0) is 61.4 Å². The molecule has 2 aromatic heterocycles. The zero-order valence-electron chi connectivity index (χ0n) is 21.9. The molecule has 1 aliphatic heterocycles. The number of fused-ring (bicyclic) bond motifs is 1. The summed E-state index contributed by atoms with van der Waals surface area (Å²) in [5.41, 5.74) is 5.50. The maximum atomic E-state index is 12.9. The molecule has 3 aliphatic rings. The van der Waals surface area contributed by atoms with E-state index in [2.05, 4.69) is 34.6 Å². The quantitative estimate of drug-likeness (QED) is 0.419. The molecular weight excluding hydrogens is 474 g/mol. The molecule has 6 rings (SSSR count).